The Morgan fingerprint density at radius 1 is 1.25 bits per heavy atom. The molecule has 2 rings (SSSR count). The fraction of sp³-hybridized carbons (Fsp3) is 0.429. The third-order valence-corrected chi connectivity index (χ3v) is 4.26. The Morgan fingerprint density at radius 3 is 2.50 bits per heavy atom. The van der Waals surface area contributed by atoms with Gasteiger partial charge in [0.1, 0.15) is 0 Å². The zero-order valence-electron chi connectivity index (χ0n) is 11.3. The molecule has 0 radical (unpaired) electrons. The molecular weight excluding hydrogens is 276 g/mol. The molecule has 1 aliphatic rings. The fourth-order valence-corrected chi connectivity index (χ4v) is 2.84. The summed E-state index contributed by atoms with van der Waals surface area (Å²) in [5, 5.41) is 0. The second-order valence-corrected chi connectivity index (χ2v) is 6.61. The average molecular weight is 296 g/mol. The van der Waals surface area contributed by atoms with Gasteiger partial charge in [0, 0.05) is 18.8 Å². The van der Waals surface area contributed by atoms with Gasteiger partial charge in [0.05, 0.1) is 5.75 Å². The minimum Gasteiger partial charge on any atom is -0.399 e. The minimum absolute atomic E-state index is 0.169. The zero-order chi connectivity index (χ0) is 14.6. The van der Waals surface area contributed by atoms with Crippen molar-refractivity contribution < 1.29 is 13.0 Å². The molecular formula is C14H20N2O3S. The zero-order valence-corrected chi connectivity index (χ0v) is 12.1. The van der Waals surface area contributed by atoms with Crippen LogP contribution < -0.4 is 5.73 Å². The highest BCUT2D eigenvalue weighted by Gasteiger charge is 2.13. The van der Waals surface area contributed by atoms with Gasteiger partial charge in [0.25, 0.3) is 10.1 Å². The lowest BCUT2D eigenvalue weighted by Crippen LogP contribution is -2.30. The number of hydrogen-bond donors (Lipinski definition) is 2. The van der Waals surface area contributed by atoms with E-state index in [0.29, 0.717) is 13.0 Å². The summed E-state index contributed by atoms with van der Waals surface area (Å²) in [5.74, 6) is -0.169. The van der Waals surface area contributed by atoms with E-state index in [0.717, 1.165) is 25.2 Å². The SMILES string of the molecule is Nc1ccc(C2=CCN(CCCS(=O)(=O)O)CC2)cc1. The Hall–Kier alpha value is -1.37. The maximum Gasteiger partial charge on any atom is 0.264 e. The predicted octanol–water partition coefficient (Wildman–Crippen LogP) is 1.64. The summed E-state index contributed by atoms with van der Waals surface area (Å²) in [6, 6.07) is 7.84. The molecule has 0 saturated heterocycles. The van der Waals surface area contributed by atoms with Gasteiger partial charge in [-0.3, -0.25) is 9.45 Å². The number of nitrogen functional groups attached to an aromatic ring is 1. The first-order valence-corrected chi connectivity index (χ1v) is 8.27. The number of nitrogens with zero attached hydrogens (tertiary/aromatic N) is 1. The van der Waals surface area contributed by atoms with Crippen LogP contribution in [-0.4, -0.2) is 43.3 Å². The molecule has 5 nitrogen and oxygen atoms in total. The molecule has 3 N–H and O–H groups in total. The molecule has 1 heterocycles. The highest BCUT2D eigenvalue weighted by molar-refractivity contribution is 7.85. The van der Waals surface area contributed by atoms with E-state index in [1.54, 1.807) is 0 Å². The van der Waals surface area contributed by atoms with Gasteiger partial charge in [0.2, 0.25) is 0 Å². The largest absolute Gasteiger partial charge is 0.399 e. The third kappa shape index (κ3) is 4.63. The van der Waals surface area contributed by atoms with Crippen LogP contribution in [-0.2, 0) is 10.1 Å². The average Bonchev–Trinajstić information content (AvgIpc) is 2.39. The summed E-state index contributed by atoms with van der Waals surface area (Å²) >= 11 is 0. The van der Waals surface area contributed by atoms with E-state index in [2.05, 4.69) is 11.0 Å². The lowest BCUT2D eigenvalue weighted by atomic mass is 9.99. The van der Waals surface area contributed by atoms with Crippen molar-refractivity contribution in [3.63, 3.8) is 0 Å². The Balaban J connectivity index is 1.85. The maximum absolute atomic E-state index is 10.7. The van der Waals surface area contributed by atoms with Gasteiger partial charge in [-0.15, -0.1) is 0 Å². The second kappa shape index (κ2) is 6.39. The molecule has 0 unspecified atom stereocenters. The van der Waals surface area contributed by atoms with E-state index in [1.165, 1.54) is 11.1 Å². The van der Waals surface area contributed by atoms with E-state index in [-0.39, 0.29) is 5.75 Å². The van der Waals surface area contributed by atoms with Crippen LogP contribution in [0.4, 0.5) is 5.69 Å². The van der Waals surface area contributed by atoms with Gasteiger partial charge in [-0.05, 0) is 42.7 Å². The van der Waals surface area contributed by atoms with E-state index < -0.39 is 10.1 Å². The highest BCUT2D eigenvalue weighted by atomic mass is 32.2. The van der Waals surface area contributed by atoms with Crippen LogP contribution in [0.3, 0.4) is 0 Å². The van der Waals surface area contributed by atoms with Crippen LogP contribution >= 0.6 is 0 Å². The number of nitrogens with two attached hydrogens (primary N) is 1. The molecule has 1 aromatic carbocycles. The van der Waals surface area contributed by atoms with Crippen molar-refractivity contribution >= 4 is 21.4 Å². The lowest BCUT2D eigenvalue weighted by molar-refractivity contribution is 0.302. The summed E-state index contributed by atoms with van der Waals surface area (Å²) in [7, 11) is -3.84. The summed E-state index contributed by atoms with van der Waals surface area (Å²) in [4.78, 5) is 2.19. The summed E-state index contributed by atoms with van der Waals surface area (Å²) in [5.41, 5.74) is 8.93. The first kappa shape index (κ1) is 15.0. The van der Waals surface area contributed by atoms with Crippen molar-refractivity contribution in [2.75, 3.05) is 31.1 Å². The van der Waals surface area contributed by atoms with Gasteiger partial charge in [-0.1, -0.05) is 18.2 Å². The second-order valence-electron chi connectivity index (χ2n) is 5.04. The van der Waals surface area contributed by atoms with Gasteiger partial charge in [-0.25, -0.2) is 0 Å². The smallest absolute Gasteiger partial charge is 0.264 e. The topological polar surface area (TPSA) is 83.6 Å². The summed E-state index contributed by atoms with van der Waals surface area (Å²) < 4.78 is 30.0. The first-order chi connectivity index (χ1) is 9.44. The van der Waals surface area contributed by atoms with Crippen molar-refractivity contribution in [1.82, 2.24) is 4.90 Å². The minimum atomic E-state index is -3.84. The molecule has 0 fully saturated rings. The lowest BCUT2D eigenvalue weighted by Gasteiger charge is -2.26. The van der Waals surface area contributed by atoms with Crippen LogP contribution in [0.1, 0.15) is 18.4 Å². The molecule has 20 heavy (non-hydrogen) atoms. The fourth-order valence-electron chi connectivity index (χ4n) is 2.34. The molecule has 6 heteroatoms. The number of benzene rings is 1. The quantitative estimate of drug-likeness (QED) is 0.637. The predicted molar refractivity (Wildman–Crippen MR) is 80.9 cm³/mol. The molecule has 110 valence electrons. The van der Waals surface area contributed by atoms with Crippen LogP contribution in [0.5, 0.6) is 0 Å². The van der Waals surface area contributed by atoms with Gasteiger partial charge < -0.3 is 5.73 Å². The van der Waals surface area contributed by atoms with Gasteiger partial charge >= 0.3 is 0 Å². The van der Waals surface area contributed by atoms with E-state index in [1.807, 2.05) is 24.3 Å². The van der Waals surface area contributed by atoms with Crippen LogP contribution in [0.25, 0.3) is 5.57 Å². The van der Waals surface area contributed by atoms with Gasteiger partial charge in [-0.2, -0.15) is 8.42 Å². The van der Waals surface area contributed by atoms with Crippen LogP contribution in [0.15, 0.2) is 30.3 Å². The number of anilines is 1. The Bertz CT molecular complexity index is 579. The Labute approximate surface area is 119 Å². The van der Waals surface area contributed by atoms with Crippen molar-refractivity contribution in [3.8, 4) is 0 Å². The molecule has 0 bridgehead atoms. The van der Waals surface area contributed by atoms with Gasteiger partial charge in [0.15, 0.2) is 0 Å². The van der Waals surface area contributed by atoms with Crippen molar-refractivity contribution in [3.05, 3.63) is 35.9 Å². The monoisotopic (exact) mass is 296 g/mol. The summed E-state index contributed by atoms with van der Waals surface area (Å²) in [6.07, 6.45) is 3.57. The molecule has 0 saturated carbocycles. The first-order valence-electron chi connectivity index (χ1n) is 6.66. The molecule has 0 atom stereocenters. The number of rotatable bonds is 5. The third-order valence-electron chi connectivity index (χ3n) is 3.45. The van der Waals surface area contributed by atoms with Crippen LogP contribution in [0, 0.1) is 0 Å². The standard InChI is InChI=1S/C14H20N2O3S/c15-14-4-2-12(3-5-14)13-6-9-16(10-7-13)8-1-11-20(17,18)19/h2-6H,1,7-11,15H2,(H,17,18,19). The van der Waals surface area contributed by atoms with E-state index in [9.17, 15) is 8.42 Å². The molecule has 1 aliphatic heterocycles. The van der Waals surface area contributed by atoms with E-state index >= 15 is 0 Å². The van der Waals surface area contributed by atoms with Crippen molar-refractivity contribution in [2.45, 2.75) is 12.8 Å². The molecule has 1 aromatic rings. The molecule has 0 spiro atoms. The van der Waals surface area contributed by atoms with Crippen molar-refractivity contribution in [1.29, 1.82) is 0 Å². The maximum atomic E-state index is 10.7. The summed E-state index contributed by atoms with van der Waals surface area (Å²) in [6.45, 7) is 2.40. The molecule has 0 aromatic heterocycles. The van der Waals surface area contributed by atoms with Crippen LogP contribution in [0.2, 0.25) is 0 Å². The van der Waals surface area contributed by atoms with Crippen molar-refractivity contribution in [2.24, 2.45) is 0 Å². The Kier molecular flexibility index (Phi) is 4.80. The normalized spacial score (nSPS) is 16.9. The highest BCUT2D eigenvalue weighted by Crippen LogP contribution is 2.23. The van der Waals surface area contributed by atoms with E-state index in [4.69, 9.17) is 10.3 Å². The Morgan fingerprint density at radius 2 is 1.95 bits per heavy atom. The molecule has 0 amide bonds. The molecule has 0 aliphatic carbocycles. The number of hydrogen-bond acceptors (Lipinski definition) is 4.